The lowest BCUT2D eigenvalue weighted by molar-refractivity contribution is 0.398. The fourth-order valence-corrected chi connectivity index (χ4v) is 0.567. The molecule has 0 radical (unpaired) electrons. The van der Waals surface area contributed by atoms with E-state index in [1.165, 1.54) is 0 Å². The van der Waals surface area contributed by atoms with Crippen LogP contribution >= 0.6 is 0 Å². The number of rotatable bonds is 0. The predicted octanol–water partition coefficient (Wildman–Crippen LogP) is -0.901. The van der Waals surface area contributed by atoms with Gasteiger partial charge in [-0.25, -0.2) is 5.84 Å². The lowest BCUT2D eigenvalue weighted by Gasteiger charge is -2.21. The number of hydrogen-bond donors (Lipinski definition) is 2. The van der Waals surface area contributed by atoms with Gasteiger partial charge in [-0.1, -0.05) is 0 Å². The lowest BCUT2D eigenvalue weighted by atomic mass is 10.5. The first-order chi connectivity index (χ1) is 3.80. The second-order valence-electron chi connectivity index (χ2n) is 1.76. The normalized spacial score (nSPS) is 19.8. The van der Waals surface area contributed by atoms with E-state index in [0.29, 0.717) is 0 Å². The summed E-state index contributed by atoms with van der Waals surface area (Å²) in [6.45, 7) is 3.55. The Morgan fingerprint density at radius 1 is 1.88 bits per heavy atom. The third-order valence-corrected chi connectivity index (χ3v) is 1.12. The first-order valence-electron chi connectivity index (χ1n) is 2.60. The molecular formula is C4H10N4. The third-order valence-electron chi connectivity index (χ3n) is 1.12. The van der Waals surface area contributed by atoms with Crippen LogP contribution in [0.4, 0.5) is 0 Å². The molecule has 0 aromatic carbocycles. The quantitative estimate of drug-likeness (QED) is 0.401. The molecule has 4 heteroatoms. The molecule has 0 aliphatic carbocycles. The summed E-state index contributed by atoms with van der Waals surface area (Å²) in [6, 6.07) is 0. The fourth-order valence-electron chi connectivity index (χ4n) is 0.567. The summed E-state index contributed by atoms with van der Waals surface area (Å²) in [5.41, 5.74) is 2.83. The summed E-state index contributed by atoms with van der Waals surface area (Å²) in [7, 11) is 0. The summed E-state index contributed by atoms with van der Waals surface area (Å²) in [6.07, 6.45) is 0. The smallest absolute Gasteiger partial charge is 0.135 e. The number of hydrogen-bond acceptors (Lipinski definition) is 4. The first kappa shape index (κ1) is 5.37. The monoisotopic (exact) mass is 114 g/mol. The predicted molar refractivity (Wildman–Crippen MR) is 32.0 cm³/mol. The highest BCUT2D eigenvalue weighted by molar-refractivity contribution is 5.79. The highest BCUT2D eigenvalue weighted by Crippen LogP contribution is 1.85. The second kappa shape index (κ2) is 2.00. The van der Waals surface area contributed by atoms with Gasteiger partial charge in [-0.2, -0.15) is 5.10 Å². The van der Waals surface area contributed by atoms with E-state index in [2.05, 4.69) is 10.5 Å². The number of nitrogens with two attached hydrogens (primary N) is 1. The molecule has 1 aliphatic heterocycles. The molecule has 0 fully saturated rings. The fraction of sp³-hybridized carbons (Fsp3) is 0.750. The van der Waals surface area contributed by atoms with E-state index < -0.39 is 0 Å². The highest BCUT2D eigenvalue weighted by atomic mass is 15.5. The average molecular weight is 114 g/mol. The largest absolute Gasteiger partial charge is 0.307 e. The van der Waals surface area contributed by atoms with E-state index in [1.54, 1.807) is 5.01 Å². The van der Waals surface area contributed by atoms with Crippen molar-refractivity contribution in [1.29, 1.82) is 0 Å². The van der Waals surface area contributed by atoms with Crippen molar-refractivity contribution < 1.29 is 0 Å². The van der Waals surface area contributed by atoms with Crippen LogP contribution in [0.2, 0.25) is 0 Å². The minimum atomic E-state index is 0.841. The van der Waals surface area contributed by atoms with Crippen molar-refractivity contribution in [1.82, 2.24) is 10.4 Å². The Hall–Kier alpha value is -0.770. The van der Waals surface area contributed by atoms with E-state index in [4.69, 9.17) is 5.84 Å². The van der Waals surface area contributed by atoms with Gasteiger partial charge in [0.1, 0.15) is 5.84 Å². The zero-order chi connectivity index (χ0) is 5.98. The van der Waals surface area contributed by atoms with E-state index in [0.717, 1.165) is 18.9 Å². The van der Waals surface area contributed by atoms with Crippen molar-refractivity contribution in [2.75, 3.05) is 13.1 Å². The zero-order valence-corrected chi connectivity index (χ0v) is 4.89. The van der Waals surface area contributed by atoms with Crippen LogP contribution in [0.15, 0.2) is 5.10 Å². The van der Waals surface area contributed by atoms with Crippen molar-refractivity contribution in [2.45, 2.75) is 6.92 Å². The molecule has 1 aliphatic rings. The van der Waals surface area contributed by atoms with Crippen molar-refractivity contribution >= 4 is 5.84 Å². The maximum atomic E-state index is 5.44. The van der Waals surface area contributed by atoms with Gasteiger partial charge >= 0.3 is 0 Å². The van der Waals surface area contributed by atoms with Crippen LogP contribution in [0, 0.1) is 0 Å². The summed E-state index contributed by atoms with van der Waals surface area (Å²) < 4.78 is 0. The SMILES string of the molecule is CC1=NNCCN1N. The van der Waals surface area contributed by atoms with Gasteiger partial charge in [0, 0.05) is 0 Å². The van der Waals surface area contributed by atoms with Gasteiger partial charge in [-0.3, -0.25) is 5.01 Å². The molecule has 4 nitrogen and oxygen atoms in total. The molecule has 0 atom stereocenters. The van der Waals surface area contributed by atoms with Gasteiger partial charge in [0.15, 0.2) is 0 Å². The maximum absolute atomic E-state index is 5.44. The second-order valence-corrected chi connectivity index (χ2v) is 1.76. The maximum Gasteiger partial charge on any atom is 0.135 e. The molecule has 8 heavy (non-hydrogen) atoms. The van der Waals surface area contributed by atoms with Crippen LogP contribution in [-0.2, 0) is 0 Å². The molecule has 0 aromatic heterocycles. The number of nitrogens with one attached hydrogen (secondary N) is 1. The van der Waals surface area contributed by atoms with Crippen LogP contribution in [0.1, 0.15) is 6.92 Å². The Morgan fingerprint density at radius 2 is 2.62 bits per heavy atom. The first-order valence-corrected chi connectivity index (χ1v) is 2.60. The van der Waals surface area contributed by atoms with Crippen molar-refractivity contribution in [3.8, 4) is 0 Å². The van der Waals surface area contributed by atoms with Crippen LogP contribution in [-0.4, -0.2) is 23.9 Å². The lowest BCUT2D eigenvalue weighted by Crippen LogP contribution is -2.44. The molecule has 0 saturated heterocycles. The molecule has 0 spiro atoms. The van der Waals surface area contributed by atoms with Gasteiger partial charge in [-0.05, 0) is 6.92 Å². The average Bonchev–Trinajstić information content (AvgIpc) is 1.77. The zero-order valence-electron chi connectivity index (χ0n) is 4.89. The molecule has 3 N–H and O–H groups in total. The summed E-state index contributed by atoms with van der Waals surface area (Å²) in [5.74, 6) is 6.28. The summed E-state index contributed by atoms with van der Waals surface area (Å²) >= 11 is 0. The Bertz CT molecular complexity index is 109. The van der Waals surface area contributed by atoms with E-state index in [-0.39, 0.29) is 0 Å². The molecule has 46 valence electrons. The minimum Gasteiger partial charge on any atom is -0.307 e. The van der Waals surface area contributed by atoms with Gasteiger partial charge in [0.2, 0.25) is 0 Å². The number of nitrogens with zero attached hydrogens (tertiary/aromatic N) is 2. The third kappa shape index (κ3) is 0.894. The standard InChI is InChI=1S/C4H10N4/c1-4-7-6-2-3-8(4)5/h6H,2-3,5H2,1H3. The summed E-state index contributed by atoms with van der Waals surface area (Å²) in [4.78, 5) is 0. The Labute approximate surface area is 48.3 Å². The molecule has 0 amide bonds. The number of hydrazone groups is 1. The van der Waals surface area contributed by atoms with E-state index in [1.807, 2.05) is 6.92 Å². The Kier molecular flexibility index (Phi) is 1.34. The molecule has 0 aromatic rings. The Balaban J connectivity index is 2.53. The van der Waals surface area contributed by atoms with Gasteiger partial charge in [0.05, 0.1) is 13.1 Å². The van der Waals surface area contributed by atoms with E-state index in [9.17, 15) is 0 Å². The van der Waals surface area contributed by atoms with Crippen LogP contribution in [0.5, 0.6) is 0 Å². The van der Waals surface area contributed by atoms with Crippen molar-refractivity contribution in [2.24, 2.45) is 10.9 Å². The van der Waals surface area contributed by atoms with Crippen molar-refractivity contribution in [3.05, 3.63) is 0 Å². The topological polar surface area (TPSA) is 53.7 Å². The molecule has 1 heterocycles. The number of hydrazine groups is 1. The van der Waals surface area contributed by atoms with Crippen LogP contribution in [0.25, 0.3) is 0 Å². The van der Waals surface area contributed by atoms with Gasteiger partial charge in [-0.15, -0.1) is 0 Å². The Morgan fingerprint density at radius 3 is 3.00 bits per heavy atom. The van der Waals surface area contributed by atoms with Gasteiger partial charge in [0.25, 0.3) is 0 Å². The number of amidine groups is 1. The van der Waals surface area contributed by atoms with E-state index >= 15 is 0 Å². The highest BCUT2D eigenvalue weighted by Gasteiger charge is 2.03. The molecule has 1 rings (SSSR count). The van der Waals surface area contributed by atoms with Crippen molar-refractivity contribution in [3.63, 3.8) is 0 Å². The molecule has 0 unspecified atom stereocenters. The van der Waals surface area contributed by atoms with Crippen LogP contribution < -0.4 is 11.3 Å². The molecule has 0 saturated carbocycles. The summed E-state index contributed by atoms with van der Waals surface area (Å²) in [5, 5.41) is 5.50. The molecular weight excluding hydrogens is 104 g/mol. The minimum absolute atomic E-state index is 0.841. The van der Waals surface area contributed by atoms with Gasteiger partial charge < -0.3 is 5.43 Å². The molecule has 0 bridgehead atoms. The van der Waals surface area contributed by atoms with Crippen LogP contribution in [0.3, 0.4) is 0 Å².